The molecular weight excluding hydrogens is 198 g/mol. The van der Waals surface area contributed by atoms with Crippen molar-refractivity contribution in [1.82, 2.24) is 0 Å². The molecule has 16 heavy (non-hydrogen) atoms. The molecule has 2 heteroatoms. The molecule has 2 aromatic rings. The predicted molar refractivity (Wildman–Crippen MR) is 64.2 cm³/mol. The number of nitrogens with zero attached hydrogens (tertiary/aromatic N) is 1. The second kappa shape index (κ2) is 5.03. The van der Waals surface area contributed by atoms with Crippen LogP contribution in [-0.2, 0) is 4.79 Å². The van der Waals surface area contributed by atoms with E-state index >= 15 is 0 Å². The summed E-state index contributed by atoms with van der Waals surface area (Å²) in [6, 6.07) is 15.6. The van der Waals surface area contributed by atoms with Crippen LogP contribution in [0.5, 0.6) is 0 Å². The summed E-state index contributed by atoms with van der Waals surface area (Å²) in [5.74, 6) is 0. The molecule has 0 radical (unpaired) electrons. The molecule has 78 valence electrons. The summed E-state index contributed by atoms with van der Waals surface area (Å²) < 4.78 is 1.54. The first-order valence-corrected chi connectivity index (χ1v) is 5.09. The maximum atomic E-state index is 10.8. The monoisotopic (exact) mass is 210 g/mol. The molecule has 0 aliphatic rings. The van der Waals surface area contributed by atoms with E-state index in [1.807, 2.05) is 60.7 Å². The van der Waals surface area contributed by atoms with E-state index in [4.69, 9.17) is 0 Å². The normalized spacial score (nSPS) is 10.5. The van der Waals surface area contributed by atoms with Crippen molar-refractivity contribution in [3.8, 4) is 0 Å². The van der Waals surface area contributed by atoms with E-state index in [9.17, 15) is 4.79 Å². The number of benzene rings is 1. The smallest absolute Gasteiger partial charge is 0.222 e. The van der Waals surface area contributed by atoms with Crippen LogP contribution < -0.4 is 4.57 Å². The second-order valence-corrected chi connectivity index (χ2v) is 3.38. The molecule has 0 unspecified atom stereocenters. The van der Waals surface area contributed by atoms with Gasteiger partial charge in [-0.3, -0.25) is 0 Å². The highest BCUT2D eigenvalue weighted by Crippen LogP contribution is 2.04. The SMILES string of the molecule is O=C[n+]1ccccc1C=Cc1ccccc1. The summed E-state index contributed by atoms with van der Waals surface area (Å²) >= 11 is 0. The lowest BCUT2D eigenvalue weighted by atomic mass is 10.2. The summed E-state index contributed by atoms with van der Waals surface area (Å²) in [7, 11) is 0. The lowest BCUT2D eigenvalue weighted by Crippen LogP contribution is -2.35. The van der Waals surface area contributed by atoms with Gasteiger partial charge >= 0.3 is 6.41 Å². The third kappa shape index (κ3) is 2.42. The number of hydrogen-bond acceptors (Lipinski definition) is 1. The average Bonchev–Trinajstić information content (AvgIpc) is 2.38. The van der Waals surface area contributed by atoms with Crippen molar-refractivity contribution in [2.24, 2.45) is 0 Å². The van der Waals surface area contributed by atoms with Crippen molar-refractivity contribution >= 4 is 18.6 Å². The second-order valence-electron chi connectivity index (χ2n) is 3.38. The molecule has 0 fully saturated rings. The minimum absolute atomic E-state index is 0.796. The Morgan fingerprint density at radius 3 is 2.38 bits per heavy atom. The van der Waals surface area contributed by atoms with Crippen LogP contribution in [0.25, 0.3) is 12.2 Å². The van der Waals surface area contributed by atoms with E-state index in [1.54, 1.807) is 10.8 Å². The van der Waals surface area contributed by atoms with Crippen molar-refractivity contribution in [2.45, 2.75) is 0 Å². The zero-order valence-corrected chi connectivity index (χ0v) is 8.78. The Bertz CT molecular complexity index is 503. The van der Waals surface area contributed by atoms with Crippen LogP contribution in [0.1, 0.15) is 11.3 Å². The fourth-order valence-corrected chi connectivity index (χ4v) is 1.45. The lowest BCUT2D eigenvalue weighted by Gasteiger charge is -1.92. The molecule has 2 rings (SSSR count). The number of carbonyl (C=O) groups is 1. The van der Waals surface area contributed by atoms with Gasteiger partial charge in [-0.05, 0) is 17.7 Å². The van der Waals surface area contributed by atoms with Crippen molar-refractivity contribution in [1.29, 1.82) is 0 Å². The molecule has 0 aliphatic heterocycles. The first-order valence-electron chi connectivity index (χ1n) is 5.09. The van der Waals surface area contributed by atoms with Gasteiger partial charge in [0.1, 0.15) is 0 Å². The summed E-state index contributed by atoms with van der Waals surface area (Å²) in [6.45, 7) is 0. The van der Waals surface area contributed by atoms with Crippen molar-refractivity contribution in [3.63, 3.8) is 0 Å². The van der Waals surface area contributed by atoms with E-state index in [2.05, 4.69) is 0 Å². The number of rotatable bonds is 3. The fraction of sp³-hybridized carbons (Fsp3) is 0. The van der Waals surface area contributed by atoms with Gasteiger partial charge in [-0.15, -0.1) is 4.57 Å². The molecule has 0 bridgehead atoms. The van der Waals surface area contributed by atoms with Crippen LogP contribution in [0.2, 0.25) is 0 Å². The Labute approximate surface area is 94.5 Å². The quantitative estimate of drug-likeness (QED) is 0.562. The maximum Gasteiger partial charge on any atom is 0.380 e. The molecule has 2 nitrogen and oxygen atoms in total. The first-order chi connectivity index (χ1) is 7.90. The molecule has 0 saturated heterocycles. The highest BCUT2D eigenvalue weighted by Gasteiger charge is 2.02. The Morgan fingerprint density at radius 1 is 0.875 bits per heavy atom. The Hall–Kier alpha value is -2.22. The van der Waals surface area contributed by atoms with E-state index in [0.717, 1.165) is 17.7 Å². The van der Waals surface area contributed by atoms with E-state index < -0.39 is 0 Å². The van der Waals surface area contributed by atoms with Gasteiger partial charge in [0.25, 0.3) is 0 Å². The molecule has 0 saturated carbocycles. The molecular formula is C14H12NO+. The number of carbonyl (C=O) groups excluding carboxylic acids is 1. The van der Waals surface area contributed by atoms with Gasteiger partial charge in [0.05, 0.1) is 0 Å². The highest BCUT2D eigenvalue weighted by atomic mass is 16.1. The molecule has 0 amide bonds. The van der Waals surface area contributed by atoms with Crippen LogP contribution in [0, 0.1) is 0 Å². The zero-order chi connectivity index (χ0) is 11.2. The van der Waals surface area contributed by atoms with Gasteiger partial charge < -0.3 is 0 Å². The topological polar surface area (TPSA) is 20.9 Å². The number of pyridine rings is 1. The van der Waals surface area contributed by atoms with Gasteiger partial charge in [0.2, 0.25) is 5.69 Å². The van der Waals surface area contributed by atoms with Crippen molar-refractivity contribution in [2.75, 3.05) is 0 Å². The predicted octanol–water partition coefficient (Wildman–Crippen LogP) is 2.18. The van der Waals surface area contributed by atoms with E-state index in [0.29, 0.717) is 0 Å². The van der Waals surface area contributed by atoms with Crippen molar-refractivity contribution < 1.29 is 9.36 Å². The largest absolute Gasteiger partial charge is 0.380 e. The minimum atomic E-state index is 0.796. The third-order valence-electron chi connectivity index (χ3n) is 2.28. The Kier molecular flexibility index (Phi) is 3.24. The molecule has 0 N–H and O–H groups in total. The van der Waals surface area contributed by atoms with Crippen molar-refractivity contribution in [3.05, 3.63) is 66.0 Å². The summed E-state index contributed by atoms with van der Waals surface area (Å²) in [6.07, 6.45) is 6.43. The summed E-state index contributed by atoms with van der Waals surface area (Å²) in [4.78, 5) is 10.8. The molecule has 1 heterocycles. The number of aromatic nitrogens is 1. The third-order valence-corrected chi connectivity index (χ3v) is 2.28. The first kappa shape index (κ1) is 10.3. The van der Waals surface area contributed by atoms with E-state index in [-0.39, 0.29) is 0 Å². The van der Waals surface area contributed by atoms with Gasteiger partial charge in [0.15, 0.2) is 6.20 Å². The number of hydrogen-bond donors (Lipinski definition) is 0. The van der Waals surface area contributed by atoms with Crippen LogP contribution >= 0.6 is 0 Å². The van der Waals surface area contributed by atoms with Crippen LogP contribution in [-0.4, -0.2) is 6.41 Å². The van der Waals surface area contributed by atoms with Crippen LogP contribution in [0.3, 0.4) is 0 Å². The van der Waals surface area contributed by atoms with E-state index in [1.165, 1.54) is 0 Å². The average molecular weight is 210 g/mol. The zero-order valence-electron chi connectivity index (χ0n) is 8.78. The molecule has 1 aromatic carbocycles. The molecule has 1 aromatic heterocycles. The Balaban J connectivity index is 2.27. The standard InChI is InChI=1S/C14H12NO/c16-12-15-11-5-4-8-14(15)10-9-13-6-2-1-3-7-13/h1-12H/q+1. The van der Waals surface area contributed by atoms with Crippen LogP contribution in [0.15, 0.2) is 54.7 Å². The minimum Gasteiger partial charge on any atom is -0.222 e. The summed E-state index contributed by atoms with van der Waals surface area (Å²) in [5.41, 5.74) is 1.98. The van der Waals surface area contributed by atoms with Gasteiger partial charge in [-0.25, -0.2) is 4.79 Å². The molecule has 0 spiro atoms. The van der Waals surface area contributed by atoms with Crippen LogP contribution in [0.4, 0.5) is 0 Å². The van der Waals surface area contributed by atoms with Gasteiger partial charge in [0, 0.05) is 18.2 Å². The highest BCUT2D eigenvalue weighted by molar-refractivity contribution is 5.67. The lowest BCUT2D eigenvalue weighted by molar-refractivity contribution is -0.554. The van der Waals surface area contributed by atoms with Gasteiger partial charge in [-0.1, -0.05) is 30.3 Å². The molecule has 0 aliphatic carbocycles. The van der Waals surface area contributed by atoms with Gasteiger partial charge in [-0.2, -0.15) is 0 Å². The fourth-order valence-electron chi connectivity index (χ4n) is 1.45. The summed E-state index contributed by atoms with van der Waals surface area (Å²) in [5, 5.41) is 0. The Morgan fingerprint density at radius 2 is 1.62 bits per heavy atom. The maximum absolute atomic E-state index is 10.8. The molecule has 0 atom stereocenters.